The van der Waals surface area contributed by atoms with Gasteiger partial charge in [-0.25, -0.2) is 8.42 Å². The number of hydrogen-bond acceptors (Lipinski definition) is 4. The molecule has 0 fully saturated rings. The van der Waals surface area contributed by atoms with Crippen molar-refractivity contribution in [3.8, 4) is 0 Å². The first-order valence-electron chi connectivity index (χ1n) is 7.10. The number of nitrogens with zero attached hydrogens (tertiary/aromatic N) is 1. The van der Waals surface area contributed by atoms with Crippen molar-refractivity contribution in [3.05, 3.63) is 76.0 Å². The molecule has 3 rings (SSSR count). The van der Waals surface area contributed by atoms with Gasteiger partial charge in [0.1, 0.15) is 10.1 Å². The van der Waals surface area contributed by atoms with Crippen molar-refractivity contribution in [2.24, 2.45) is 4.99 Å². The van der Waals surface area contributed by atoms with Crippen molar-refractivity contribution < 1.29 is 8.42 Å². The molecule has 118 valence electrons. The first-order valence-corrected chi connectivity index (χ1v) is 9.40. The Morgan fingerprint density at radius 1 is 1.04 bits per heavy atom. The third-order valence-corrected chi connectivity index (χ3v) is 6.13. The van der Waals surface area contributed by atoms with Gasteiger partial charge in [-0.1, -0.05) is 59.8 Å². The second-order valence-corrected chi connectivity index (χ2v) is 8.20. The number of aliphatic imine (C=N–C) groups is 1. The molecule has 1 aliphatic heterocycles. The highest BCUT2D eigenvalue weighted by molar-refractivity contribution is 8.18. The average Bonchev–Trinajstić information content (AvgIpc) is 2.83. The molecule has 0 amide bonds. The summed E-state index contributed by atoms with van der Waals surface area (Å²) in [6.07, 6.45) is 1.59. The first kappa shape index (κ1) is 15.8. The topological polar surface area (TPSA) is 58.5 Å². The van der Waals surface area contributed by atoms with Gasteiger partial charge in [0, 0.05) is 11.0 Å². The zero-order chi connectivity index (χ0) is 16.3. The maximum Gasteiger partial charge on any atom is 0.269 e. The lowest BCUT2D eigenvalue weighted by Gasteiger charge is -2.03. The summed E-state index contributed by atoms with van der Waals surface area (Å²) in [7, 11) is -3.51. The van der Waals surface area contributed by atoms with Gasteiger partial charge in [0.15, 0.2) is 0 Å². The molecule has 1 aliphatic rings. The van der Waals surface area contributed by atoms with Crippen LogP contribution in [0, 0.1) is 6.92 Å². The summed E-state index contributed by atoms with van der Waals surface area (Å²) in [5.41, 5.74) is 2.17. The molecule has 0 saturated heterocycles. The van der Waals surface area contributed by atoms with Crippen LogP contribution in [0.3, 0.4) is 0 Å². The largest absolute Gasteiger partial charge is 0.269 e. The van der Waals surface area contributed by atoms with E-state index in [0.29, 0.717) is 12.4 Å². The van der Waals surface area contributed by atoms with Crippen LogP contribution in [0.4, 0.5) is 0 Å². The van der Waals surface area contributed by atoms with Gasteiger partial charge >= 0.3 is 0 Å². The zero-order valence-corrected chi connectivity index (χ0v) is 14.2. The van der Waals surface area contributed by atoms with Crippen molar-refractivity contribution >= 4 is 27.6 Å². The van der Waals surface area contributed by atoms with Crippen LogP contribution in [0.5, 0.6) is 0 Å². The molecular formula is C17H16N2O2S2. The van der Waals surface area contributed by atoms with Gasteiger partial charge in [0.2, 0.25) is 0 Å². The van der Waals surface area contributed by atoms with E-state index in [1.165, 1.54) is 11.8 Å². The molecule has 0 atom stereocenters. The van der Waals surface area contributed by atoms with Crippen molar-refractivity contribution in [3.63, 3.8) is 0 Å². The fourth-order valence-electron chi connectivity index (χ4n) is 2.05. The number of hydrogen-bond donors (Lipinski definition) is 1. The van der Waals surface area contributed by atoms with Crippen LogP contribution in [0.1, 0.15) is 11.1 Å². The molecule has 1 heterocycles. The Kier molecular flexibility index (Phi) is 4.54. The minimum atomic E-state index is -3.51. The molecular weight excluding hydrogens is 328 g/mol. The molecule has 4 nitrogen and oxygen atoms in total. The Hall–Kier alpha value is -2.05. The molecule has 2 aromatic rings. The average molecular weight is 344 g/mol. The lowest BCUT2D eigenvalue weighted by molar-refractivity contribution is 0.602. The maximum absolute atomic E-state index is 12.2. The Bertz CT molecular complexity index is 855. The minimum Gasteiger partial charge on any atom is -0.263 e. The molecule has 1 N–H and O–H groups in total. The molecule has 0 bridgehead atoms. The van der Waals surface area contributed by atoms with Crippen LogP contribution >= 0.6 is 11.8 Å². The van der Waals surface area contributed by atoms with Crippen molar-refractivity contribution in [1.29, 1.82) is 0 Å². The molecule has 23 heavy (non-hydrogen) atoms. The summed E-state index contributed by atoms with van der Waals surface area (Å²) in [4.78, 5) is 5.22. The third kappa shape index (κ3) is 4.03. The smallest absolute Gasteiger partial charge is 0.263 e. The number of aryl methyl sites for hydroxylation is 1. The summed E-state index contributed by atoms with van der Waals surface area (Å²) in [5.74, 6) is 0.378. The SMILES string of the molecule is Cc1ccc(SC2=CC(=NCc3ccccc3)NS2(=O)=O)cc1. The second-order valence-electron chi connectivity index (χ2n) is 5.17. The predicted molar refractivity (Wildman–Crippen MR) is 94.8 cm³/mol. The highest BCUT2D eigenvalue weighted by Gasteiger charge is 2.27. The van der Waals surface area contributed by atoms with Gasteiger partial charge in [-0.2, -0.15) is 0 Å². The molecule has 0 radical (unpaired) electrons. The fraction of sp³-hybridized carbons (Fsp3) is 0.118. The molecule has 0 saturated carbocycles. The maximum atomic E-state index is 12.2. The number of thioether (sulfide) groups is 1. The molecule has 0 aliphatic carbocycles. The van der Waals surface area contributed by atoms with Gasteiger partial charge in [0.05, 0.1) is 6.54 Å². The number of benzene rings is 2. The van der Waals surface area contributed by atoms with Gasteiger partial charge in [-0.05, 0) is 24.6 Å². The summed E-state index contributed by atoms with van der Waals surface area (Å²) in [6.45, 7) is 2.44. The summed E-state index contributed by atoms with van der Waals surface area (Å²) < 4.78 is 27.1. The van der Waals surface area contributed by atoms with Crippen molar-refractivity contribution in [2.45, 2.75) is 18.4 Å². The van der Waals surface area contributed by atoms with Gasteiger partial charge < -0.3 is 0 Å². The van der Waals surface area contributed by atoms with E-state index in [1.54, 1.807) is 6.08 Å². The quantitative estimate of drug-likeness (QED) is 0.924. The summed E-state index contributed by atoms with van der Waals surface area (Å²) in [5, 5.41) is 0. The highest BCUT2D eigenvalue weighted by Crippen LogP contribution is 2.32. The molecule has 0 spiro atoms. The Morgan fingerprint density at radius 2 is 1.74 bits per heavy atom. The van der Waals surface area contributed by atoms with E-state index in [1.807, 2.05) is 61.5 Å². The van der Waals surface area contributed by atoms with Crippen LogP contribution < -0.4 is 4.72 Å². The van der Waals surface area contributed by atoms with E-state index in [9.17, 15) is 8.42 Å². The van der Waals surface area contributed by atoms with Crippen molar-refractivity contribution in [2.75, 3.05) is 0 Å². The standard InChI is InChI=1S/C17H16N2O2S2/c1-13-7-9-15(10-8-13)22-17-11-16(19-23(17,20)21)18-12-14-5-3-2-4-6-14/h2-11H,12H2,1H3,(H,18,19). The van der Waals surface area contributed by atoms with E-state index < -0.39 is 10.0 Å². The summed E-state index contributed by atoms with van der Waals surface area (Å²) in [6, 6.07) is 17.5. The Balaban J connectivity index is 1.77. The van der Waals surface area contributed by atoms with E-state index >= 15 is 0 Å². The van der Waals surface area contributed by atoms with Crippen molar-refractivity contribution in [1.82, 2.24) is 4.72 Å². The lowest BCUT2D eigenvalue weighted by atomic mass is 10.2. The van der Waals surface area contributed by atoms with E-state index in [-0.39, 0.29) is 4.24 Å². The third-order valence-electron chi connectivity index (χ3n) is 3.27. The monoisotopic (exact) mass is 344 g/mol. The Labute approximate surface area is 140 Å². The number of rotatable bonds is 4. The van der Waals surface area contributed by atoms with Gasteiger partial charge in [0.25, 0.3) is 10.0 Å². The van der Waals surface area contributed by atoms with Crippen LogP contribution in [-0.4, -0.2) is 14.3 Å². The van der Waals surface area contributed by atoms with Crippen LogP contribution in [-0.2, 0) is 16.6 Å². The number of amidine groups is 1. The molecule has 6 heteroatoms. The van der Waals surface area contributed by atoms with Gasteiger partial charge in [-0.15, -0.1) is 0 Å². The van der Waals surface area contributed by atoms with Gasteiger partial charge in [-0.3, -0.25) is 9.71 Å². The van der Waals surface area contributed by atoms with E-state index in [0.717, 1.165) is 16.0 Å². The predicted octanol–water partition coefficient (Wildman–Crippen LogP) is 3.46. The second kappa shape index (κ2) is 6.60. The van der Waals surface area contributed by atoms with Crippen LogP contribution in [0.25, 0.3) is 0 Å². The minimum absolute atomic E-state index is 0.271. The van der Waals surface area contributed by atoms with E-state index in [4.69, 9.17) is 0 Å². The normalized spacial score (nSPS) is 17.8. The highest BCUT2D eigenvalue weighted by atomic mass is 32.3. The zero-order valence-electron chi connectivity index (χ0n) is 12.6. The van der Waals surface area contributed by atoms with Crippen LogP contribution in [0.2, 0.25) is 0 Å². The van der Waals surface area contributed by atoms with E-state index in [2.05, 4.69) is 9.71 Å². The number of sulfonamides is 1. The molecule has 0 aromatic heterocycles. The first-order chi connectivity index (χ1) is 11.0. The fourth-order valence-corrected chi connectivity index (χ4v) is 4.34. The lowest BCUT2D eigenvalue weighted by Crippen LogP contribution is -2.22. The molecule has 0 unspecified atom stereocenters. The number of nitrogens with one attached hydrogen (secondary N) is 1. The Morgan fingerprint density at radius 3 is 2.43 bits per heavy atom. The van der Waals surface area contributed by atoms with Crippen LogP contribution in [0.15, 0.2) is 74.8 Å². The molecule has 2 aromatic carbocycles. The summed E-state index contributed by atoms with van der Waals surface area (Å²) >= 11 is 1.22.